The zero-order valence-electron chi connectivity index (χ0n) is 19.3. The molecule has 0 saturated heterocycles. The topological polar surface area (TPSA) is 80.6 Å². The summed E-state index contributed by atoms with van der Waals surface area (Å²) in [7, 11) is 0. The van der Waals surface area contributed by atoms with Gasteiger partial charge >= 0.3 is 0 Å². The van der Waals surface area contributed by atoms with E-state index in [-0.39, 0.29) is 12.2 Å². The van der Waals surface area contributed by atoms with Gasteiger partial charge in [0, 0.05) is 27.4 Å². The molecule has 1 N–H and O–H groups in total. The van der Waals surface area contributed by atoms with Crippen LogP contribution in [0.5, 0.6) is 17.2 Å². The van der Waals surface area contributed by atoms with Crippen LogP contribution >= 0.6 is 23.2 Å². The van der Waals surface area contributed by atoms with E-state index >= 15 is 0 Å². The number of benzene rings is 3. The minimum Gasteiger partial charge on any atom is -0.494 e. The number of halogens is 2. The lowest BCUT2D eigenvalue weighted by atomic mass is 10.1. The Bertz CT molecular complexity index is 1270. The third-order valence-electron chi connectivity index (χ3n) is 4.74. The molecule has 180 valence electrons. The van der Waals surface area contributed by atoms with Crippen LogP contribution in [0.1, 0.15) is 25.0 Å². The molecule has 0 aliphatic heterocycles. The van der Waals surface area contributed by atoms with Crippen molar-refractivity contribution in [1.29, 1.82) is 5.26 Å². The molecule has 0 heterocycles. The van der Waals surface area contributed by atoms with Crippen LogP contribution in [0.25, 0.3) is 6.08 Å². The molecular formula is C27H24Cl2N2O4. The van der Waals surface area contributed by atoms with Gasteiger partial charge in [0.25, 0.3) is 5.91 Å². The molecule has 0 radical (unpaired) electrons. The monoisotopic (exact) mass is 510 g/mol. The SMILES string of the molecule is CCOc1cccc(NC(=O)/C(C#N)=C\c2ccc(OCc3ccc(Cl)cc3Cl)c(OCC)c2)c1. The largest absolute Gasteiger partial charge is 0.494 e. The van der Waals surface area contributed by atoms with Crippen LogP contribution in [0.2, 0.25) is 10.0 Å². The van der Waals surface area contributed by atoms with Crippen molar-refractivity contribution in [3.63, 3.8) is 0 Å². The first kappa shape index (κ1) is 26.0. The van der Waals surface area contributed by atoms with Gasteiger partial charge in [-0.1, -0.05) is 41.4 Å². The lowest BCUT2D eigenvalue weighted by Gasteiger charge is -2.13. The molecule has 0 aliphatic carbocycles. The maximum absolute atomic E-state index is 12.7. The van der Waals surface area contributed by atoms with E-state index in [4.69, 9.17) is 37.4 Å². The highest BCUT2D eigenvalue weighted by atomic mass is 35.5. The van der Waals surface area contributed by atoms with Crippen LogP contribution in [0.3, 0.4) is 0 Å². The second kappa shape index (κ2) is 12.7. The summed E-state index contributed by atoms with van der Waals surface area (Å²) < 4.78 is 17.1. The Morgan fingerprint density at radius 1 is 0.971 bits per heavy atom. The first-order chi connectivity index (χ1) is 16.9. The smallest absolute Gasteiger partial charge is 0.266 e. The van der Waals surface area contributed by atoms with Crippen molar-refractivity contribution < 1.29 is 19.0 Å². The van der Waals surface area contributed by atoms with Crippen molar-refractivity contribution >= 4 is 40.9 Å². The summed E-state index contributed by atoms with van der Waals surface area (Å²) in [5.41, 5.74) is 1.86. The normalized spacial score (nSPS) is 10.9. The Kier molecular flexibility index (Phi) is 9.42. The van der Waals surface area contributed by atoms with Crippen LogP contribution in [0.4, 0.5) is 5.69 Å². The highest BCUT2D eigenvalue weighted by Crippen LogP contribution is 2.31. The van der Waals surface area contributed by atoms with Gasteiger partial charge in [-0.15, -0.1) is 0 Å². The predicted molar refractivity (Wildman–Crippen MR) is 138 cm³/mol. The lowest BCUT2D eigenvalue weighted by Crippen LogP contribution is -2.13. The molecular weight excluding hydrogens is 487 g/mol. The minimum atomic E-state index is -0.531. The van der Waals surface area contributed by atoms with Crippen LogP contribution in [-0.4, -0.2) is 19.1 Å². The van der Waals surface area contributed by atoms with Crippen molar-refractivity contribution in [2.45, 2.75) is 20.5 Å². The molecule has 0 atom stereocenters. The zero-order chi connectivity index (χ0) is 25.2. The van der Waals surface area contributed by atoms with E-state index in [0.717, 1.165) is 5.56 Å². The Hall–Kier alpha value is -3.66. The molecule has 0 saturated carbocycles. The van der Waals surface area contributed by atoms with Gasteiger partial charge in [-0.2, -0.15) is 5.26 Å². The summed E-state index contributed by atoms with van der Waals surface area (Å²) in [6, 6.07) is 19.3. The number of nitrogens with zero attached hydrogens (tertiary/aromatic N) is 1. The maximum atomic E-state index is 12.7. The van der Waals surface area contributed by atoms with Crippen LogP contribution in [-0.2, 0) is 11.4 Å². The van der Waals surface area contributed by atoms with E-state index in [0.29, 0.717) is 51.8 Å². The van der Waals surface area contributed by atoms with Gasteiger partial charge in [-0.3, -0.25) is 4.79 Å². The molecule has 35 heavy (non-hydrogen) atoms. The molecule has 0 aliphatic rings. The summed E-state index contributed by atoms with van der Waals surface area (Å²) in [5, 5.41) is 13.4. The second-order valence-corrected chi connectivity index (χ2v) is 8.09. The quantitative estimate of drug-likeness (QED) is 0.236. The van der Waals surface area contributed by atoms with Crippen LogP contribution in [0, 0.1) is 11.3 Å². The average Bonchev–Trinajstić information content (AvgIpc) is 2.83. The van der Waals surface area contributed by atoms with Gasteiger partial charge in [-0.05, 0) is 61.9 Å². The molecule has 3 aromatic carbocycles. The predicted octanol–water partition coefficient (Wildman–Crippen LogP) is 6.92. The fraction of sp³-hybridized carbons (Fsp3) is 0.185. The van der Waals surface area contributed by atoms with Crippen molar-refractivity contribution in [1.82, 2.24) is 0 Å². The number of carbonyl (C=O) groups excluding carboxylic acids is 1. The number of nitrogens with one attached hydrogen (secondary N) is 1. The van der Waals surface area contributed by atoms with Crippen LogP contribution < -0.4 is 19.5 Å². The van der Waals surface area contributed by atoms with Gasteiger partial charge in [0.05, 0.1) is 13.2 Å². The van der Waals surface area contributed by atoms with Crippen molar-refractivity contribution in [3.05, 3.63) is 87.4 Å². The highest BCUT2D eigenvalue weighted by molar-refractivity contribution is 6.35. The lowest BCUT2D eigenvalue weighted by molar-refractivity contribution is -0.112. The fourth-order valence-electron chi connectivity index (χ4n) is 3.14. The van der Waals surface area contributed by atoms with E-state index in [1.807, 2.05) is 19.9 Å². The van der Waals surface area contributed by atoms with Crippen molar-refractivity contribution in [2.24, 2.45) is 0 Å². The number of anilines is 1. The number of ether oxygens (including phenoxy) is 3. The molecule has 0 spiro atoms. The van der Waals surface area contributed by atoms with Gasteiger partial charge in [0.1, 0.15) is 24.0 Å². The van der Waals surface area contributed by atoms with E-state index < -0.39 is 5.91 Å². The standard InChI is InChI=1S/C27H24Cl2N2O4/c1-3-33-23-7-5-6-22(15-23)31-27(32)20(16-30)12-18-8-11-25(26(13-18)34-4-2)35-17-19-9-10-21(28)14-24(19)29/h5-15H,3-4,17H2,1-2H3,(H,31,32)/b20-12-. The van der Waals surface area contributed by atoms with E-state index in [9.17, 15) is 10.1 Å². The van der Waals surface area contributed by atoms with E-state index in [2.05, 4.69) is 5.32 Å². The van der Waals surface area contributed by atoms with Gasteiger partial charge in [-0.25, -0.2) is 0 Å². The Balaban J connectivity index is 1.77. The number of hydrogen-bond donors (Lipinski definition) is 1. The molecule has 3 aromatic rings. The van der Waals surface area contributed by atoms with E-state index in [1.54, 1.807) is 60.7 Å². The number of rotatable bonds is 10. The summed E-state index contributed by atoms with van der Waals surface area (Å²) in [5.74, 6) is 1.08. The van der Waals surface area contributed by atoms with Gasteiger partial charge < -0.3 is 19.5 Å². The minimum absolute atomic E-state index is 0.0594. The number of amides is 1. The van der Waals surface area contributed by atoms with E-state index in [1.165, 1.54) is 6.08 Å². The van der Waals surface area contributed by atoms with Gasteiger partial charge in [0.15, 0.2) is 11.5 Å². The molecule has 0 aromatic heterocycles. The summed E-state index contributed by atoms with van der Waals surface area (Å²) in [4.78, 5) is 12.7. The number of carbonyl (C=O) groups is 1. The molecule has 3 rings (SSSR count). The molecule has 8 heteroatoms. The zero-order valence-corrected chi connectivity index (χ0v) is 20.8. The third-order valence-corrected chi connectivity index (χ3v) is 5.33. The summed E-state index contributed by atoms with van der Waals surface area (Å²) in [6.07, 6.45) is 1.49. The highest BCUT2D eigenvalue weighted by Gasteiger charge is 2.13. The van der Waals surface area contributed by atoms with Crippen molar-refractivity contribution in [3.8, 4) is 23.3 Å². The average molecular weight is 511 g/mol. The molecule has 0 fully saturated rings. The first-order valence-corrected chi connectivity index (χ1v) is 11.7. The Morgan fingerprint density at radius 3 is 2.49 bits per heavy atom. The number of hydrogen-bond acceptors (Lipinski definition) is 5. The third kappa shape index (κ3) is 7.41. The van der Waals surface area contributed by atoms with Gasteiger partial charge in [0.2, 0.25) is 0 Å². The Labute approximate surface area is 214 Å². The Morgan fingerprint density at radius 2 is 1.77 bits per heavy atom. The van der Waals surface area contributed by atoms with Crippen molar-refractivity contribution in [2.75, 3.05) is 18.5 Å². The molecule has 0 bridgehead atoms. The molecule has 1 amide bonds. The van der Waals surface area contributed by atoms with Crippen LogP contribution in [0.15, 0.2) is 66.2 Å². The fourth-order valence-corrected chi connectivity index (χ4v) is 3.60. The number of nitriles is 1. The summed E-state index contributed by atoms with van der Waals surface area (Å²) >= 11 is 12.2. The first-order valence-electron chi connectivity index (χ1n) is 10.9. The molecule has 0 unspecified atom stereocenters. The second-order valence-electron chi connectivity index (χ2n) is 7.25. The molecule has 6 nitrogen and oxygen atoms in total. The maximum Gasteiger partial charge on any atom is 0.266 e. The summed E-state index contributed by atoms with van der Waals surface area (Å²) in [6.45, 7) is 4.87.